The molecule has 2 aromatic carbocycles. The molecule has 5 rings (SSSR count). The molecule has 2 fully saturated rings. The number of rotatable bonds is 9. The molecule has 0 aliphatic carbocycles. The molecule has 0 saturated carbocycles. The van der Waals surface area contributed by atoms with Crippen molar-refractivity contribution in [3.63, 3.8) is 0 Å². The van der Waals surface area contributed by atoms with E-state index in [9.17, 15) is 24.5 Å². The predicted octanol–water partition coefficient (Wildman–Crippen LogP) is 2.72. The first-order valence-corrected chi connectivity index (χ1v) is 12.6. The molecule has 3 heterocycles. The van der Waals surface area contributed by atoms with E-state index in [4.69, 9.17) is 9.47 Å². The highest BCUT2D eigenvalue weighted by molar-refractivity contribution is 8.01. The summed E-state index contributed by atoms with van der Waals surface area (Å²) in [4.78, 5) is 51.2. The molecule has 3 atom stereocenters. The van der Waals surface area contributed by atoms with Crippen molar-refractivity contribution in [1.82, 2.24) is 19.9 Å². The number of carbonyl (C=O) groups is 3. The lowest BCUT2D eigenvalue weighted by Crippen LogP contribution is -2.58. The molecule has 196 valence electrons. The molecular formula is C25H23N5O7S. The number of thioether (sulfide) groups is 1. The van der Waals surface area contributed by atoms with Crippen LogP contribution in [0.3, 0.4) is 0 Å². The summed E-state index contributed by atoms with van der Waals surface area (Å²) in [7, 11) is 0. The summed E-state index contributed by atoms with van der Waals surface area (Å²) in [6, 6.07) is 14.0. The smallest absolute Gasteiger partial charge is 0.360 e. The number of nitrogens with zero attached hydrogens (tertiary/aromatic N) is 5. The topological polar surface area (TPSA) is 147 Å². The Morgan fingerprint density at radius 2 is 1.79 bits per heavy atom. The highest BCUT2D eigenvalue weighted by Gasteiger charge is 2.61. The van der Waals surface area contributed by atoms with E-state index < -0.39 is 27.7 Å². The van der Waals surface area contributed by atoms with Gasteiger partial charge in [0.1, 0.15) is 19.3 Å². The Morgan fingerprint density at radius 3 is 2.47 bits per heavy atom. The molecule has 1 amide bonds. The van der Waals surface area contributed by atoms with Crippen LogP contribution >= 0.6 is 11.8 Å². The zero-order valence-electron chi connectivity index (χ0n) is 20.3. The van der Waals surface area contributed by atoms with Crippen molar-refractivity contribution in [2.75, 3.05) is 0 Å². The largest absolute Gasteiger partial charge is 0.459 e. The van der Waals surface area contributed by atoms with Gasteiger partial charge in [-0.25, -0.2) is 9.59 Å². The molecule has 2 aliphatic rings. The van der Waals surface area contributed by atoms with Gasteiger partial charge in [0.2, 0.25) is 5.91 Å². The number of benzene rings is 2. The van der Waals surface area contributed by atoms with Gasteiger partial charge in [-0.2, -0.15) is 9.90 Å². The van der Waals surface area contributed by atoms with Crippen LogP contribution in [0.5, 0.6) is 0 Å². The summed E-state index contributed by atoms with van der Waals surface area (Å²) in [5, 5.41) is 19.1. The van der Waals surface area contributed by atoms with Crippen molar-refractivity contribution in [3.05, 3.63) is 87.7 Å². The van der Waals surface area contributed by atoms with Gasteiger partial charge < -0.3 is 14.4 Å². The van der Waals surface area contributed by atoms with Gasteiger partial charge in [0.15, 0.2) is 5.69 Å². The Labute approximate surface area is 221 Å². The minimum absolute atomic E-state index is 0.0316. The van der Waals surface area contributed by atoms with E-state index >= 15 is 0 Å². The molecule has 0 N–H and O–H groups in total. The number of nitro groups is 1. The van der Waals surface area contributed by atoms with Crippen LogP contribution in [-0.2, 0) is 38.8 Å². The first-order chi connectivity index (χ1) is 18.2. The van der Waals surface area contributed by atoms with Crippen molar-refractivity contribution in [1.29, 1.82) is 0 Å². The number of non-ortho nitro benzene ring substituents is 1. The van der Waals surface area contributed by atoms with E-state index in [1.807, 2.05) is 37.3 Å². The number of aromatic nitrogens is 3. The second kappa shape index (κ2) is 10.2. The van der Waals surface area contributed by atoms with Gasteiger partial charge in [-0.1, -0.05) is 30.3 Å². The first kappa shape index (κ1) is 25.4. The minimum atomic E-state index is -0.892. The number of ether oxygens (including phenoxy) is 2. The zero-order chi connectivity index (χ0) is 26.9. The van der Waals surface area contributed by atoms with Crippen molar-refractivity contribution in [2.45, 2.75) is 49.3 Å². The molecule has 3 aromatic rings. The molecule has 2 aliphatic heterocycles. The van der Waals surface area contributed by atoms with Gasteiger partial charge in [-0.15, -0.1) is 16.9 Å². The molecular weight excluding hydrogens is 514 g/mol. The Balaban J connectivity index is 1.25. The van der Waals surface area contributed by atoms with E-state index in [0.29, 0.717) is 12.0 Å². The third-order valence-corrected chi connectivity index (χ3v) is 7.93. The third-order valence-electron chi connectivity index (χ3n) is 6.37. The van der Waals surface area contributed by atoms with Crippen LogP contribution in [0.25, 0.3) is 0 Å². The number of fused-ring (bicyclic) bond motifs is 1. The minimum Gasteiger partial charge on any atom is -0.459 e. The Bertz CT molecular complexity index is 1380. The van der Waals surface area contributed by atoms with Gasteiger partial charge >= 0.3 is 11.9 Å². The van der Waals surface area contributed by atoms with Crippen molar-refractivity contribution in [2.24, 2.45) is 0 Å². The number of esters is 2. The normalized spacial score (nSPS) is 21.9. The fraction of sp³-hybridized carbons (Fsp3) is 0.320. The van der Waals surface area contributed by atoms with Gasteiger partial charge in [-0.3, -0.25) is 14.9 Å². The van der Waals surface area contributed by atoms with Crippen molar-refractivity contribution >= 4 is 35.3 Å². The van der Waals surface area contributed by atoms with E-state index in [-0.39, 0.29) is 42.4 Å². The van der Waals surface area contributed by atoms with E-state index in [1.54, 1.807) is 0 Å². The maximum absolute atomic E-state index is 13.2. The lowest BCUT2D eigenvalue weighted by Gasteiger charge is -2.37. The van der Waals surface area contributed by atoms with Gasteiger partial charge in [0, 0.05) is 12.1 Å². The van der Waals surface area contributed by atoms with Crippen LogP contribution in [0.1, 0.15) is 35.0 Å². The summed E-state index contributed by atoms with van der Waals surface area (Å²) < 4.78 is 10.0. The lowest BCUT2D eigenvalue weighted by molar-refractivity contribution is -0.384. The van der Waals surface area contributed by atoms with E-state index in [1.165, 1.54) is 51.9 Å². The summed E-state index contributed by atoms with van der Waals surface area (Å²) >= 11 is 1.46. The van der Waals surface area contributed by atoms with Crippen LogP contribution in [0.4, 0.5) is 5.69 Å². The summed E-state index contributed by atoms with van der Waals surface area (Å²) in [6.45, 7) is 1.97. The molecule has 2 saturated heterocycles. The van der Waals surface area contributed by atoms with Crippen LogP contribution in [0, 0.1) is 10.1 Å². The molecule has 38 heavy (non-hydrogen) atoms. The molecule has 1 aromatic heterocycles. The maximum atomic E-state index is 13.2. The van der Waals surface area contributed by atoms with Crippen molar-refractivity contribution in [3.8, 4) is 0 Å². The standard InChI is InChI=1S/C25H23N5O7S/c1-25(15-28-26-12-19(27-28)23(32)36-13-16-5-3-2-4-6-16)22(29-20(31)11-21(29)38-25)24(33)37-14-17-7-9-18(10-8-17)30(34)35/h2-10,12,21-22H,11,13-15H2,1H3/t21-,22-,25-/m0/s1. The third kappa shape index (κ3) is 5.09. The van der Waals surface area contributed by atoms with Crippen LogP contribution in [-0.4, -0.2) is 58.8 Å². The van der Waals surface area contributed by atoms with E-state index in [2.05, 4.69) is 10.2 Å². The predicted molar refractivity (Wildman–Crippen MR) is 134 cm³/mol. The SMILES string of the molecule is C[C@@]1(Cn2ncc(C(=O)OCc3ccccc3)n2)S[C@H]2CC(=O)N2[C@H]1C(=O)OCc1ccc([N+](=O)[O-])cc1. The van der Waals surface area contributed by atoms with Gasteiger partial charge in [-0.05, 0) is 30.2 Å². The fourth-order valence-corrected chi connectivity index (χ4v) is 6.19. The van der Waals surface area contributed by atoms with Gasteiger partial charge in [0.05, 0.1) is 34.2 Å². The van der Waals surface area contributed by atoms with E-state index in [0.717, 1.165) is 5.56 Å². The second-order valence-corrected chi connectivity index (χ2v) is 10.9. The summed E-state index contributed by atoms with van der Waals surface area (Å²) in [5.74, 6) is -1.37. The summed E-state index contributed by atoms with van der Waals surface area (Å²) in [5.41, 5.74) is 1.38. The molecule has 0 bridgehead atoms. The Hall–Kier alpha value is -4.26. The number of hydrogen-bond acceptors (Lipinski definition) is 10. The number of nitro benzene ring substituents is 1. The highest BCUT2D eigenvalue weighted by atomic mass is 32.2. The molecule has 0 spiro atoms. The van der Waals surface area contributed by atoms with Gasteiger partial charge in [0.25, 0.3) is 5.69 Å². The number of amides is 1. The van der Waals surface area contributed by atoms with Crippen LogP contribution in [0.15, 0.2) is 60.8 Å². The molecule has 12 nitrogen and oxygen atoms in total. The first-order valence-electron chi connectivity index (χ1n) is 11.7. The lowest BCUT2D eigenvalue weighted by atomic mass is 9.96. The molecule has 0 unspecified atom stereocenters. The van der Waals surface area contributed by atoms with Crippen LogP contribution in [0.2, 0.25) is 0 Å². The monoisotopic (exact) mass is 537 g/mol. The number of carbonyl (C=O) groups excluding carboxylic acids is 3. The molecule has 13 heteroatoms. The highest BCUT2D eigenvalue weighted by Crippen LogP contribution is 2.51. The second-order valence-electron chi connectivity index (χ2n) is 9.15. The summed E-state index contributed by atoms with van der Waals surface area (Å²) in [6.07, 6.45) is 1.62. The average Bonchev–Trinajstić information content (AvgIpc) is 3.46. The Morgan fingerprint density at radius 1 is 1.11 bits per heavy atom. The quantitative estimate of drug-likeness (QED) is 0.173. The number of hydrogen-bond donors (Lipinski definition) is 0. The zero-order valence-corrected chi connectivity index (χ0v) is 21.1. The van der Waals surface area contributed by atoms with Crippen LogP contribution < -0.4 is 0 Å². The average molecular weight is 538 g/mol. The van der Waals surface area contributed by atoms with Crippen molar-refractivity contribution < 1.29 is 28.8 Å². The Kier molecular flexibility index (Phi) is 6.85. The maximum Gasteiger partial charge on any atom is 0.360 e. The fourth-order valence-electron chi connectivity index (χ4n) is 4.46. The molecule has 0 radical (unpaired) electrons. The number of β-lactam (4-membered cyclic amide) rings is 1.